The summed E-state index contributed by atoms with van der Waals surface area (Å²) < 4.78 is 62.2. The van der Waals surface area contributed by atoms with Gasteiger partial charge in [-0.1, -0.05) is 48.0 Å². The Balaban J connectivity index is 1.54. The molecule has 232 valence electrons. The number of allylic oxidation sites excluding steroid dienone is 1. The number of piperidine rings is 1. The normalized spacial score (nSPS) is 15.0. The molecule has 3 aromatic carbocycles. The Hall–Kier alpha value is -4.57. The number of aromatic nitrogens is 2. The van der Waals surface area contributed by atoms with Crippen LogP contribution in [-0.2, 0) is 29.4 Å². The van der Waals surface area contributed by atoms with Gasteiger partial charge in [-0.25, -0.2) is 21.5 Å². The Labute approximate surface area is 263 Å². The fourth-order valence-corrected chi connectivity index (χ4v) is 7.80. The second-order valence-corrected chi connectivity index (χ2v) is 14.5. The standard InChI is InChI=1S/C33H32N4O6S2/c1-3-43-33(38)25-16-18-36(19-17-25)45(41,42)30-11-7-8-26(20-30)32-27(23-37(35-32)28-9-5-4-6-10-28)21-31(22-34)44(39,40)29-14-12-24(2)13-15-29/h4-15,20-21,23,25H,3,16-19H2,1-2H3. The van der Waals surface area contributed by atoms with E-state index in [0.29, 0.717) is 35.3 Å². The molecule has 4 aromatic rings. The fraction of sp³-hybridized carbons (Fsp3) is 0.242. The van der Waals surface area contributed by atoms with Crippen LogP contribution >= 0.6 is 0 Å². The van der Waals surface area contributed by atoms with Gasteiger partial charge in [-0.3, -0.25) is 4.79 Å². The van der Waals surface area contributed by atoms with E-state index >= 15 is 0 Å². The third-order valence-electron chi connectivity index (χ3n) is 7.60. The van der Waals surface area contributed by atoms with Crippen LogP contribution in [-0.4, -0.2) is 56.6 Å². The maximum atomic E-state index is 13.7. The number of carbonyl (C=O) groups excluding carboxylic acids is 1. The number of benzene rings is 3. The van der Waals surface area contributed by atoms with Crippen molar-refractivity contribution in [2.24, 2.45) is 5.92 Å². The van der Waals surface area contributed by atoms with Crippen LogP contribution in [0.5, 0.6) is 0 Å². The summed E-state index contributed by atoms with van der Waals surface area (Å²) in [6.07, 6.45) is 3.59. The molecule has 0 N–H and O–H groups in total. The van der Waals surface area contributed by atoms with Gasteiger partial charge in [0.05, 0.1) is 28.0 Å². The molecule has 0 unspecified atom stereocenters. The average molecular weight is 645 g/mol. The van der Waals surface area contributed by atoms with Crippen LogP contribution in [0.15, 0.2) is 99.8 Å². The molecule has 0 bridgehead atoms. The van der Waals surface area contributed by atoms with E-state index < -0.39 is 24.8 Å². The maximum Gasteiger partial charge on any atom is 0.309 e. The van der Waals surface area contributed by atoms with Crippen molar-refractivity contribution in [2.75, 3.05) is 19.7 Å². The Kier molecular flexibility index (Phi) is 9.34. The van der Waals surface area contributed by atoms with E-state index in [2.05, 4.69) is 0 Å². The van der Waals surface area contributed by atoms with Crippen molar-refractivity contribution in [3.63, 3.8) is 0 Å². The van der Waals surface area contributed by atoms with Gasteiger partial charge in [-0.15, -0.1) is 0 Å². The van der Waals surface area contributed by atoms with Gasteiger partial charge in [0, 0.05) is 30.4 Å². The van der Waals surface area contributed by atoms with Crippen molar-refractivity contribution in [2.45, 2.75) is 36.5 Å². The smallest absolute Gasteiger partial charge is 0.309 e. The minimum absolute atomic E-state index is 0.0160. The average Bonchev–Trinajstić information content (AvgIpc) is 3.48. The van der Waals surface area contributed by atoms with Crippen molar-refractivity contribution >= 4 is 31.9 Å². The third kappa shape index (κ3) is 6.76. The molecule has 45 heavy (non-hydrogen) atoms. The Morgan fingerprint density at radius 2 is 1.67 bits per heavy atom. The molecule has 1 fully saturated rings. The summed E-state index contributed by atoms with van der Waals surface area (Å²) in [7, 11) is -8.07. The molecule has 12 heteroatoms. The van der Waals surface area contributed by atoms with E-state index in [9.17, 15) is 26.9 Å². The monoisotopic (exact) mass is 644 g/mol. The first-order valence-electron chi connectivity index (χ1n) is 14.4. The number of carbonyl (C=O) groups is 1. The molecule has 1 aliphatic rings. The lowest BCUT2D eigenvalue weighted by Crippen LogP contribution is -2.40. The topological polar surface area (TPSA) is 139 Å². The first-order chi connectivity index (χ1) is 21.5. The second-order valence-electron chi connectivity index (χ2n) is 10.6. The lowest BCUT2D eigenvalue weighted by Gasteiger charge is -2.30. The molecule has 1 aromatic heterocycles. The quantitative estimate of drug-likeness (QED) is 0.180. The van der Waals surface area contributed by atoms with Crippen LogP contribution in [0.4, 0.5) is 0 Å². The van der Waals surface area contributed by atoms with Crippen molar-refractivity contribution in [1.29, 1.82) is 5.26 Å². The van der Waals surface area contributed by atoms with Crippen LogP contribution in [0.2, 0.25) is 0 Å². The number of nitriles is 1. The molecule has 0 atom stereocenters. The lowest BCUT2D eigenvalue weighted by atomic mass is 9.98. The maximum absolute atomic E-state index is 13.7. The van der Waals surface area contributed by atoms with Crippen LogP contribution in [0, 0.1) is 24.2 Å². The second kappa shape index (κ2) is 13.2. The van der Waals surface area contributed by atoms with Crippen molar-refractivity contribution in [3.8, 4) is 23.0 Å². The first kappa shape index (κ1) is 31.8. The summed E-state index contributed by atoms with van der Waals surface area (Å²) in [5.74, 6) is -0.656. The lowest BCUT2D eigenvalue weighted by molar-refractivity contribution is -0.149. The molecule has 0 amide bonds. The highest BCUT2D eigenvalue weighted by Crippen LogP contribution is 2.31. The zero-order chi connectivity index (χ0) is 32.2. The summed E-state index contributed by atoms with van der Waals surface area (Å²) in [5, 5.41) is 14.7. The molecule has 0 aliphatic carbocycles. The minimum atomic E-state index is -4.15. The van der Waals surface area contributed by atoms with Crippen molar-refractivity contribution in [1.82, 2.24) is 14.1 Å². The summed E-state index contributed by atoms with van der Waals surface area (Å²) in [6.45, 7) is 4.19. The van der Waals surface area contributed by atoms with Gasteiger partial charge in [0.2, 0.25) is 19.9 Å². The highest BCUT2D eigenvalue weighted by Gasteiger charge is 2.33. The summed E-state index contributed by atoms with van der Waals surface area (Å²) in [6, 6.07) is 23.4. The summed E-state index contributed by atoms with van der Waals surface area (Å²) in [4.78, 5) is 11.7. The van der Waals surface area contributed by atoms with Crippen LogP contribution in [0.1, 0.15) is 30.9 Å². The van der Waals surface area contributed by atoms with Crippen molar-refractivity contribution in [3.05, 3.63) is 101 Å². The van der Waals surface area contributed by atoms with Gasteiger partial charge < -0.3 is 4.74 Å². The van der Waals surface area contributed by atoms with Crippen LogP contribution in [0.25, 0.3) is 23.0 Å². The van der Waals surface area contributed by atoms with Gasteiger partial charge in [0.15, 0.2) is 0 Å². The number of rotatable bonds is 9. The van der Waals surface area contributed by atoms with Gasteiger partial charge in [-0.2, -0.15) is 14.7 Å². The number of aryl methyl sites for hydroxylation is 1. The van der Waals surface area contributed by atoms with E-state index in [1.54, 1.807) is 42.1 Å². The van der Waals surface area contributed by atoms with E-state index in [-0.39, 0.29) is 41.4 Å². The molecule has 10 nitrogen and oxygen atoms in total. The van der Waals surface area contributed by atoms with Gasteiger partial charge >= 0.3 is 5.97 Å². The molecular weight excluding hydrogens is 613 g/mol. The number of nitrogens with zero attached hydrogens (tertiary/aromatic N) is 4. The number of para-hydroxylation sites is 1. The van der Waals surface area contributed by atoms with Crippen molar-refractivity contribution < 1.29 is 26.4 Å². The zero-order valence-electron chi connectivity index (χ0n) is 24.8. The van der Waals surface area contributed by atoms with E-state index in [4.69, 9.17) is 9.84 Å². The van der Waals surface area contributed by atoms with Crippen LogP contribution < -0.4 is 0 Å². The minimum Gasteiger partial charge on any atom is -0.466 e. The number of sulfone groups is 1. The molecule has 0 radical (unpaired) electrons. The van der Waals surface area contributed by atoms with Crippen LogP contribution in [0.3, 0.4) is 0 Å². The molecule has 0 spiro atoms. The van der Waals surface area contributed by atoms with E-state index in [1.165, 1.54) is 34.6 Å². The highest BCUT2D eigenvalue weighted by molar-refractivity contribution is 7.95. The fourth-order valence-electron chi connectivity index (χ4n) is 5.13. The number of hydrogen-bond donors (Lipinski definition) is 0. The Morgan fingerprint density at radius 1 is 0.978 bits per heavy atom. The molecule has 2 heterocycles. The Bertz CT molecular complexity index is 1990. The summed E-state index contributed by atoms with van der Waals surface area (Å²) in [5.41, 5.74) is 2.59. The third-order valence-corrected chi connectivity index (χ3v) is 11.2. The molecular formula is C33H32N4O6S2. The Morgan fingerprint density at radius 3 is 2.31 bits per heavy atom. The number of hydrogen-bond acceptors (Lipinski definition) is 8. The van der Waals surface area contributed by atoms with Gasteiger partial charge in [0.25, 0.3) is 0 Å². The highest BCUT2D eigenvalue weighted by atomic mass is 32.2. The number of sulfonamides is 1. The summed E-state index contributed by atoms with van der Waals surface area (Å²) >= 11 is 0. The van der Waals surface area contributed by atoms with E-state index in [0.717, 1.165) is 5.56 Å². The molecule has 5 rings (SSSR count). The number of esters is 1. The first-order valence-corrected chi connectivity index (χ1v) is 17.3. The number of ether oxygens (including phenoxy) is 1. The zero-order valence-corrected chi connectivity index (χ0v) is 26.5. The largest absolute Gasteiger partial charge is 0.466 e. The van der Waals surface area contributed by atoms with Gasteiger partial charge in [-0.05, 0) is 69.2 Å². The van der Waals surface area contributed by atoms with Gasteiger partial charge in [0.1, 0.15) is 16.7 Å². The predicted octanol–water partition coefficient (Wildman–Crippen LogP) is 5.15. The predicted molar refractivity (Wildman–Crippen MR) is 169 cm³/mol. The molecule has 0 saturated carbocycles. The SMILES string of the molecule is CCOC(=O)C1CCN(S(=O)(=O)c2cccc(-c3nn(-c4ccccc4)cc3C=C(C#N)S(=O)(=O)c3ccc(C)cc3)c2)CC1. The molecule has 1 saturated heterocycles. The van der Waals surface area contributed by atoms with E-state index in [1.807, 2.05) is 43.3 Å². The molecule has 1 aliphatic heterocycles.